The number of hydrogen-bond acceptors (Lipinski definition) is 3. The molecule has 0 bridgehead atoms. The zero-order valence-electron chi connectivity index (χ0n) is 10.6. The van der Waals surface area contributed by atoms with Gasteiger partial charge in [0.2, 0.25) is 0 Å². The molecule has 0 fully saturated rings. The molecule has 5 nitrogen and oxygen atoms in total. The fourth-order valence-electron chi connectivity index (χ4n) is 1.81. The number of amides is 1. The number of carbonyl (C=O) groups excluding carboxylic acids is 1. The maximum Gasteiger partial charge on any atom is 0.285 e. The normalized spacial score (nSPS) is 10.1. The van der Waals surface area contributed by atoms with Crippen LogP contribution in [0, 0.1) is 15.9 Å². The van der Waals surface area contributed by atoms with Gasteiger partial charge < -0.3 is 4.90 Å². The molecule has 0 unspecified atom stereocenters. The summed E-state index contributed by atoms with van der Waals surface area (Å²) in [5.74, 6) is -1.67. The SMILES string of the molecule is CN(C(=O)c1c(F)cccc1[N+](=O)[O-])c1ccccc1. The number of nitrogens with zero attached hydrogens (tertiary/aromatic N) is 2. The minimum Gasteiger partial charge on any atom is -0.311 e. The number of nitro groups is 1. The van der Waals surface area contributed by atoms with E-state index in [9.17, 15) is 19.3 Å². The summed E-state index contributed by atoms with van der Waals surface area (Å²) in [6.45, 7) is 0. The van der Waals surface area contributed by atoms with Gasteiger partial charge in [-0.2, -0.15) is 0 Å². The van der Waals surface area contributed by atoms with E-state index < -0.39 is 27.9 Å². The second-order valence-corrected chi connectivity index (χ2v) is 4.09. The Morgan fingerprint density at radius 3 is 2.40 bits per heavy atom. The van der Waals surface area contributed by atoms with Gasteiger partial charge in [-0.05, 0) is 18.2 Å². The first-order valence-corrected chi connectivity index (χ1v) is 5.78. The van der Waals surface area contributed by atoms with Gasteiger partial charge in [0, 0.05) is 18.8 Å². The van der Waals surface area contributed by atoms with Crippen molar-refractivity contribution in [1.29, 1.82) is 0 Å². The van der Waals surface area contributed by atoms with E-state index in [0.29, 0.717) is 5.69 Å². The van der Waals surface area contributed by atoms with Gasteiger partial charge in [0.15, 0.2) is 5.56 Å². The highest BCUT2D eigenvalue weighted by atomic mass is 19.1. The molecule has 0 radical (unpaired) electrons. The minimum atomic E-state index is -0.910. The molecule has 0 saturated carbocycles. The third kappa shape index (κ3) is 2.49. The largest absolute Gasteiger partial charge is 0.311 e. The van der Waals surface area contributed by atoms with E-state index in [4.69, 9.17) is 0 Å². The van der Waals surface area contributed by atoms with Crippen molar-refractivity contribution < 1.29 is 14.1 Å². The van der Waals surface area contributed by atoms with Crippen molar-refractivity contribution in [1.82, 2.24) is 0 Å². The lowest BCUT2D eigenvalue weighted by Gasteiger charge is -2.17. The van der Waals surface area contributed by atoms with Gasteiger partial charge in [0.1, 0.15) is 5.82 Å². The molecule has 6 heteroatoms. The van der Waals surface area contributed by atoms with E-state index in [1.165, 1.54) is 18.0 Å². The van der Waals surface area contributed by atoms with Crippen LogP contribution in [0.4, 0.5) is 15.8 Å². The molecule has 2 rings (SSSR count). The van der Waals surface area contributed by atoms with Gasteiger partial charge in [0.25, 0.3) is 11.6 Å². The smallest absolute Gasteiger partial charge is 0.285 e. The number of rotatable bonds is 3. The molecular formula is C14H11FN2O3. The van der Waals surface area contributed by atoms with Gasteiger partial charge in [0.05, 0.1) is 4.92 Å². The van der Waals surface area contributed by atoms with Crippen LogP contribution in [0.3, 0.4) is 0 Å². The van der Waals surface area contributed by atoms with Crippen molar-refractivity contribution in [2.45, 2.75) is 0 Å². The summed E-state index contributed by atoms with van der Waals surface area (Å²) < 4.78 is 13.8. The lowest BCUT2D eigenvalue weighted by molar-refractivity contribution is -0.385. The number of hydrogen-bond donors (Lipinski definition) is 0. The molecule has 0 aliphatic carbocycles. The topological polar surface area (TPSA) is 63.5 Å². The Morgan fingerprint density at radius 1 is 1.15 bits per heavy atom. The number of halogens is 1. The highest BCUT2D eigenvalue weighted by Gasteiger charge is 2.27. The highest BCUT2D eigenvalue weighted by Crippen LogP contribution is 2.24. The summed E-state index contributed by atoms with van der Waals surface area (Å²) in [6.07, 6.45) is 0. The van der Waals surface area contributed by atoms with Crippen LogP contribution in [0.1, 0.15) is 10.4 Å². The molecule has 2 aromatic rings. The van der Waals surface area contributed by atoms with E-state index in [1.54, 1.807) is 30.3 Å². The van der Waals surface area contributed by atoms with Crippen LogP contribution in [-0.4, -0.2) is 17.9 Å². The molecule has 20 heavy (non-hydrogen) atoms. The molecule has 0 atom stereocenters. The second-order valence-electron chi connectivity index (χ2n) is 4.09. The van der Waals surface area contributed by atoms with Crippen LogP contribution in [0.2, 0.25) is 0 Å². The first-order chi connectivity index (χ1) is 9.52. The van der Waals surface area contributed by atoms with Gasteiger partial charge in [-0.25, -0.2) is 4.39 Å². The molecular weight excluding hydrogens is 263 g/mol. The molecule has 0 aromatic heterocycles. The molecule has 0 aliphatic heterocycles. The maximum atomic E-state index is 13.8. The van der Waals surface area contributed by atoms with Gasteiger partial charge in [-0.15, -0.1) is 0 Å². The summed E-state index contributed by atoms with van der Waals surface area (Å²) in [6, 6.07) is 11.9. The zero-order chi connectivity index (χ0) is 14.7. The third-order valence-electron chi connectivity index (χ3n) is 2.85. The number of carbonyl (C=O) groups is 1. The predicted molar refractivity (Wildman–Crippen MR) is 72.2 cm³/mol. The Hall–Kier alpha value is -2.76. The van der Waals surface area contributed by atoms with Crippen molar-refractivity contribution in [3.05, 3.63) is 70.0 Å². The van der Waals surface area contributed by atoms with E-state index in [2.05, 4.69) is 0 Å². The van der Waals surface area contributed by atoms with Crippen LogP contribution in [-0.2, 0) is 0 Å². The van der Waals surface area contributed by atoms with E-state index in [-0.39, 0.29) is 0 Å². The second kappa shape index (κ2) is 5.48. The van der Waals surface area contributed by atoms with E-state index >= 15 is 0 Å². The Labute approximate surface area is 114 Å². The molecule has 0 saturated heterocycles. The van der Waals surface area contributed by atoms with Crippen molar-refractivity contribution in [3.8, 4) is 0 Å². The fourth-order valence-corrected chi connectivity index (χ4v) is 1.81. The quantitative estimate of drug-likeness (QED) is 0.638. The lowest BCUT2D eigenvalue weighted by atomic mass is 10.1. The monoisotopic (exact) mass is 274 g/mol. The first-order valence-electron chi connectivity index (χ1n) is 5.78. The van der Waals surface area contributed by atoms with Crippen molar-refractivity contribution in [2.75, 3.05) is 11.9 Å². The number of anilines is 1. The van der Waals surface area contributed by atoms with Crippen LogP contribution >= 0.6 is 0 Å². The average Bonchev–Trinajstić information content (AvgIpc) is 2.46. The molecule has 0 N–H and O–H groups in total. The molecule has 1 amide bonds. The first kappa shape index (κ1) is 13.7. The summed E-state index contributed by atoms with van der Waals surface area (Å²) in [5, 5.41) is 10.9. The number of para-hydroxylation sites is 1. The molecule has 0 spiro atoms. The van der Waals surface area contributed by atoms with Crippen LogP contribution in [0.15, 0.2) is 48.5 Å². The van der Waals surface area contributed by atoms with E-state index in [0.717, 1.165) is 12.1 Å². The zero-order valence-corrected chi connectivity index (χ0v) is 10.6. The molecule has 0 aliphatic rings. The van der Waals surface area contributed by atoms with Crippen LogP contribution < -0.4 is 4.90 Å². The van der Waals surface area contributed by atoms with Gasteiger partial charge >= 0.3 is 0 Å². The number of nitro benzene ring substituents is 1. The Balaban J connectivity index is 2.47. The third-order valence-corrected chi connectivity index (χ3v) is 2.85. The molecule has 102 valence electrons. The van der Waals surface area contributed by atoms with Crippen molar-refractivity contribution >= 4 is 17.3 Å². The Bertz CT molecular complexity index is 659. The lowest BCUT2D eigenvalue weighted by Crippen LogP contribution is -2.27. The summed E-state index contributed by atoms with van der Waals surface area (Å²) in [5.41, 5.74) is -0.559. The number of benzene rings is 2. The Kier molecular flexibility index (Phi) is 3.74. The molecule has 0 heterocycles. The van der Waals surface area contributed by atoms with Crippen LogP contribution in [0.25, 0.3) is 0 Å². The standard InChI is InChI=1S/C14H11FN2O3/c1-16(10-6-3-2-4-7-10)14(18)13-11(15)8-5-9-12(13)17(19)20/h2-9H,1H3. The average molecular weight is 274 g/mol. The van der Waals surface area contributed by atoms with Gasteiger partial charge in [-0.1, -0.05) is 24.3 Å². The summed E-state index contributed by atoms with van der Waals surface area (Å²) >= 11 is 0. The van der Waals surface area contributed by atoms with Crippen molar-refractivity contribution in [2.24, 2.45) is 0 Å². The van der Waals surface area contributed by atoms with Gasteiger partial charge in [-0.3, -0.25) is 14.9 Å². The molecule has 2 aromatic carbocycles. The summed E-state index contributed by atoms with van der Waals surface area (Å²) in [4.78, 5) is 23.6. The summed E-state index contributed by atoms with van der Waals surface area (Å²) in [7, 11) is 1.44. The van der Waals surface area contributed by atoms with Crippen LogP contribution in [0.5, 0.6) is 0 Å². The van der Waals surface area contributed by atoms with Crippen molar-refractivity contribution in [3.63, 3.8) is 0 Å². The predicted octanol–water partition coefficient (Wildman–Crippen LogP) is 3.01. The minimum absolute atomic E-state index is 0.523. The highest BCUT2D eigenvalue weighted by molar-refractivity contribution is 6.08. The Morgan fingerprint density at radius 2 is 1.80 bits per heavy atom. The maximum absolute atomic E-state index is 13.8. The van der Waals surface area contributed by atoms with E-state index in [1.807, 2.05) is 0 Å². The fraction of sp³-hybridized carbons (Fsp3) is 0.0714.